The topological polar surface area (TPSA) is 79.5 Å². The van der Waals surface area contributed by atoms with Gasteiger partial charge in [0.25, 0.3) is 5.69 Å². The van der Waals surface area contributed by atoms with Gasteiger partial charge in [0.05, 0.1) is 16.2 Å². The zero-order valence-electron chi connectivity index (χ0n) is 10.8. The summed E-state index contributed by atoms with van der Waals surface area (Å²) in [6.45, 7) is 6.90. The Morgan fingerprint density at radius 3 is 2.67 bits per heavy atom. The van der Waals surface area contributed by atoms with Crippen molar-refractivity contribution in [3.8, 4) is 0 Å². The highest BCUT2D eigenvalue weighted by Crippen LogP contribution is 2.27. The fourth-order valence-corrected chi connectivity index (χ4v) is 2.45. The summed E-state index contributed by atoms with van der Waals surface area (Å²) in [6, 6.07) is 0. The number of nitrogens with zero attached hydrogens (tertiary/aromatic N) is 3. The second kappa shape index (κ2) is 4.29. The Morgan fingerprint density at radius 2 is 2.17 bits per heavy atom. The van der Waals surface area contributed by atoms with Crippen LogP contribution in [0.15, 0.2) is 6.20 Å². The summed E-state index contributed by atoms with van der Waals surface area (Å²) >= 11 is 0. The van der Waals surface area contributed by atoms with Crippen molar-refractivity contribution in [3.63, 3.8) is 0 Å². The number of nitro groups is 1. The number of rotatable bonds is 3. The van der Waals surface area contributed by atoms with Crippen LogP contribution in [-0.4, -0.2) is 38.6 Å². The van der Waals surface area contributed by atoms with Crippen LogP contribution in [0.2, 0.25) is 0 Å². The van der Waals surface area contributed by atoms with Crippen molar-refractivity contribution >= 4 is 5.69 Å². The second-order valence-corrected chi connectivity index (χ2v) is 5.26. The number of likely N-dealkylation sites (tertiary alicyclic amines) is 1. The van der Waals surface area contributed by atoms with Gasteiger partial charge < -0.3 is 5.11 Å². The average molecular weight is 251 g/mol. The molecule has 1 N–H and O–H groups in total. The lowest BCUT2D eigenvalue weighted by Gasteiger charge is -2.44. The van der Waals surface area contributed by atoms with E-state index >= 15 is 0 Å². The predicted octanol–water partition coefficient (Wildman–Crippen LogP) is 1.17. The molecule has 2 heterocycles. The van der Waals surface area contributed by atoms with Crippen molar-refractivity contribution in [1.82, 2.24) is 9.88 Å². The average Bonchev–Trinajstić information content (AvgIpc) is 2.19. The summed E-state index contributed by atoms with van der Waals surface area (Å²) in [5.41, 5.74) is 1.42. The molecule has 1 fully saturated rings. The lowest BCUT2D eigenvalue weighted by molar-refractivity contribution is -0.386. The summed E-state index contributed by atoms with van der Waals surface area (Å²) in [5, 5.41) is 20.6. The third-order valence-corrected chi connectivity index (χ3v) is 3.26. The van der Waals surface area contributed by atoms with Gasteiger partial charge in [-0.15, -0.1) is 0 Å². The lowest BCUT2D eigenvalue weighted by atomic mass is 9.96. The maximum atomic E-state index is 11.0. The molecule has 1 aromatic rings. The van der Waals surface area contributed by atoms with Crippen LogP contribution in [0.25, 0.3) is 0 Å². The van der Waals surface area contributed by atoms with Crippen LogP contribution in [0.3, 0.4) is 0 Å². The van der Waals surface area contributed by atoms with Crippen molar-refractivity contribution in [1.29, 1.82) is 0 Å². The van der Waals surface area contributed by atoms with Crippen molar-refractivity contribution in [2.75, 3.05) is 13.1 Å². The van der Waals surface area contributed by atoms with Gasteiger partial charge in [0, 0.05) is 37.0 Å². The second-order valence-electron chi connectivity index (χ2n) is 5.26. The zero-order valence-corrected chi connectivity index (χ0v) is 10.8. The smallest absolute Gasteiger partial charge is 0.278 e. The lowest BCUT2D eigenvalue weighted by Crippen LogP contribution is -2.59. The number of pyridine rings is 1. The summed E-state index contributed by atoms with van der Waals surface area (Å²) in [5.74, 6) is 0. The Bertz CT molecular complexity index is 492. The van der Waals surface area contributed by atoms with Gasteiger partial charge in [-0.2, -0.15) is 0 Å². The third-order valence-electron chi connectivity index (χ3n) is 3.26. The molecule has 18 heavy (non-hydrogen) atoms. The highest BCUT2D eigenvalue weighted by molar-refractivity contribution is 5.47. The van der Waals surface area contributed by atoms with Crippen LogP contribution in [0, 0.1) is 24.0 Å². The molecule has 2 rings (SSSR count). The molecule has 0 aromatic carbocycles. The van der Waals surface area contributed by atoms with Gasteiger partial charge >= 0.3 is 0 Å². The molecule has 0 atom stereocenters. The minimum absolute atomic E-state index is 0.146. The summed E-state index contributed by atoms with van der Waals surface area (Å²) in [7, 11) is 0. The van der Waals surface area contributed by atoms with E-state index in [0.717, 1.165) is 0 Å². The highest BCUT2D eigenvalue weighted by atomic mass is 16.6. The molecule has 1 aliphatic rings. The molecule has 6 nitrogen and oxygen atoms in total. The van der Waals surface area contributed by atoms with E-state index in [1.54, 1.807) is 27.0 Å². The first-order valence-corrected chi connectivity index (χ1v) is 5.84. The molecule has 6 heteroatoms. The van der Waals surface area contributed by atoms with Crippen LogP contribution in [0.1, 0.15) is 23.7 Å². The summed E-state index contributed by atoms with van der Waals surface area (Å²) < 4.78 is 0. The van der Waals surface area contributed by atoms with Gasteiger partial charge in [0.15, 0.2) is 0 Å². The van der Waals surface area contributed by atoms with E-state index in [-0.39, 0.29) is 10.6 Å². The molecule has 0 bridgehead atoms. The minimum atomic E-state index is -0.634. The Morgan fingerprint density at radius 1 is 1.56 bits per heavy atom. The molecule has 0 unspecified atom stereocenters. The molecule has 1 aliphatic heterocycles. The minimum Gasteiger partial charge on any atom is -0.388 e. The van der Waals surface area contributed by atoms with Crippen molar-refractivity contribution < 1.29 is 10.0 Å². The predicted molar refractivity (Wildman–Crippen MR) is 66.3 cm³/mol. The van der Waals surface area contributed by atoms with Gasteiger partial charge in [-0.05, 0) is 20.8 Å². The first-order chi connectivity index (χ1) is 8.30. The Hall–Kier alpha value is -1.53. The van der Waals surface area contributed by atoms with Crippen LogP contribution in [0.5, 0.6) is 0 Å². The fraction of sp³-hybridized carbons (Fsp3) is 0.583. The van der Waals surface area contributed by atoms with E-state index in [9.17, 15) is 15.2 Å². The third kappa shape index (κ3) is 2.34. The zero-order chi connectivity index (χ0) is 13.5. The summed E-state index contributed by atoms with van der Waals surface area (Å²) in [6.07, 6.45) is 1.54. The Labute approximate surface area is 105 Å². The van der Waals surface area contributed by atoms with Crippen molar-refractivity contribution in [2.45, 2.75) is 32.9 Å². The van der Waals surface area contributed by atoms with Gasteiger partial charge in [0.1, 0.15) is 0 Å². The number of β-amino-alcohol motifs (C(OH)–C–C–N with tert-alkyl or cyclic N) is 1. The molecular weight excluding hydrogens is 234 g/mol. The van der Waals surface area contributed by atoms with Crippen LogP contribution in [-0.2, 0) is 6.54 Å². The molecule has 0 saturated carbocycles. The molecule has 0 spiro atoms. The monoisotopic (exact) mass is 251 g/mol. The molecule has 1 aromatic heterocycles. The number of aryl methyl sites for hydroxylation is 1. The van der Waals surface area contributed by atoms with Crippen LogP contribution < -0.4 is 0 Å². The van der Waals surface area contributed by atoms with E-state index in [0.29, 0.717) is 36.5 Å². The van der Waals surface area contributed by atoms with Gasteiger partial charge in [-0.1, -0.05) is 0 Å². The first kappa shape index (κ1) is 12.9. The van der Waals surface area contributed by atoms with Crippen LogP contribution >= 0.6 is 0 Å². The Kier molecular flexibility index (Phi) is 3.08. The SMILES string of the molecule is Cc1cnc(CN2CC(C)(O)C2)c(C)c1[N+](=O)[O-]. The Balaban J connectivity index is 2.20. The van der Waals surface area contributed by atoms with E-state index in [2.05, 4.69) is 4.98 Å². The number of aliphatic hydroxyl groups is 1. The molecule has 0 radical (unpaired) electrons. The summed E-state index contributed by atoms with van der Waals surface area (Å²) in [4.78, 5) is 16.9. The fourth-order valence-electron chi connectivity index (χ4n) is 2.45. The highest BCUT2D eigenvalue weighted by Gasteiger charge is 2.36. The maximum Gasteiger partial charge on any atom is 0.278 e. The molecule has 98 valence electrons. The first-order valence-electron chi connectivity index (χ1n) is 5.84. The maximum absolute atomic E-state index is 11.0. The van der Waals surface area contributed by atoms with E-state index in [1.807, 2.05) is 4.90 Å². The van der Waals surface area contributed by atoms with Gasteiger partial charge in [0.2, 0.25) is 0 Å². The van der Waals surface area contributed by atoms with Crippen molar-refractivity contribution in [3.05, 3.63) is 33.1 Å². The quantitative estimate of drug-likeness (QED) is 0.644. The number of aromatic nitrogens is 1. The number of hydrogen-bond acceptors (Lipinski definition) is 5. The van der Waals surface area contributed by atoms with Crippen molar-refractivity contribution in [2.24, 2.45) is 0 Å². The molecular formula is C12H17N3O3. The van der Waals surface area contributed by atoms with E-state index in [1.165, 1.54) is 0 Å². The largest absolute Gasteiger partial charge is 0.388 e. The van der Waals surface area contributed by atoms with Gasteiger partial charge in [-0.3, -0.25) is 20.0 Å². The standard InChI is InChI=1S/C12H17N3O3/c1-8-4-13-10(9(2)11(8)15(17)18)5-14-6-12(3,16)7-14/h4,16H,5-7H2,1-3H3. The van der Waals surface area contributed by atoms with E-state index in [4.69, 9.17) is 0 Å². The normalized spacial score (nSPS) is 18.4. The van der Waals surface area contributed by atoms with Crippen LogP contribution in [0.4, 0.5) is 5.69 Å². The molecule has 1 saturated heterocycles. The molecule has 0 amide bonds. The molecule has 0 aliphatic carbocycles. The van der Waals surface area contributed by atoms with Gasteiger partial charge in [-0.25, -0.2) is 0 Å². The number of hydrogen-bond donors (Lipinski definition) is 1. The van der Waals surface area contributed by atoms with E-state index < -0.39 is 5.60 Å².